The van der Waals surface area contributed by atoms with Gasteiger partial charge in [0.25, 0.3) is 0 Å². The van der Waals surface area contributed by atoms with Gasteiger partial charge in [0, 0.05) is 6.42 Å². The first-order valence-electron chi connectivity index (χ1n) is 5.51. The second kappa shape index (κ2) is 11.9. The van der Waals surface area contributed by atoms with E-state index in [1.54, 1.807) is 0 Å². The van der Waals surface area contributed by atoms with E-state index in [0.717, 1.165) is 19.3 Å². The summed E-state index contributed by atoms with van der Waals surface area (Å²) in [6, 6.07) is 0. The molecule has 16 heavy (non-hydrogen) atoms. The van der Waals surface area contributed by atoms with Crippen molar-refractivity contribution in [2.45, 2.75) is 45.6 Å². The molecule has 5 heteroatoms. The number of aliphatic hydroxyl groups excluding tert-OH is 2. The molecule has 4 nitrogen and oxygen atoms in total. The van der Waals surface area contributed by atoms with Gasteiger partial charge in [0.1, 0.15) is 6.10 Å². The Bertz CT molecular complexity index is 169. The van der Waals surface area contributed by atoms with Crippen molar-refractivity contribution >= 4 is 35.5 Å². The van der Waals surface area contributed by atoms with Crippen LogP contribution in [0.2, 0.25) is 0 Å². The monoisotopic (exact) mass is 242 g/mol. The summed E-state index contributed by atoms with van der Waals surface area (Å²) < 4.78 is 4.82. The SMILES string of the molecule is CC(C)CCCCC(=O)OC(CO)CO.[NaH]. The zero-order valence-electron chi connectivity index (χ0n) is 9.61. The van der Waals surface area contributed by atoms with Gasteiger partial charge in [-0.3, -0.25) is 4.79 Å². The summed E-state index contributed by atoms with van der Waals surface area (Å²) in [4.78, 5) is 11.2. The van der Waals surface area contributed by atoms with Crippen LogP contribution in [0.25, 0.3) is 0 Å². The van der Waals surface area contributed by atoms with E-state index in [0.29, 0.717) is 12.3 Å². The Morgan fingerprint density at radius 2 is 1.75 bits per heavy atom. The molecule has 0 rings (SSSR count). The van der Waals surface area contributed by atoms with Crippen LogP contribution in [-0.4, -0.2) is 65.1 Å². The fourth-order valence-electron chi connectivity index (χ4n) is 1.20. The van der Waals surface area contributed by atoms with Gasteiger partial charge < -0.3 is 14.9 Å². The quantitative estimate of drug-likeness (QED) is 0.368. The number of aliphatic hydroxyl groups is 2. The Labute approximate surface area is 120 Å². The fraction of sp³-hybridized carbons (Fsp3) is 0.909. The average Bonchev–Trinajstić information content (AvgIpc) is 2.20. The van der Waals surface area contributed by atoms with E-state index < -0.39 is 6.10 Å². The van der Waals surface area contributed by atoms with E-state index in [2.05, 4.69) is 13.8 Å². The zero-order chi connectivity index (χ0) is 11.7. The second-order valence-electron chi connectivity index (χ2n) is 4.12. The summed E-state index contributed by atoms with van der Waals surface area (Å²) in [5, 5.41) is 17.4. The molecule has 0 aliphatic rings. The van der Waals surface area contributed by atoms with Crippen molar-refractivity contribution in [3.05, 3.63) is 0 Å². The van der Waals surface area contributed by atoms with Crippen molar-refractivity contribution < 1.29 is 19.7 Å². The molecule has 0 unspecified atom stereocenters. The van der Waals surface area contributed by atoms with Gasteiger partial charge in [-0.15, -0.1) is 0 Å². The van der Waals surface area contributed by atoms with Crippen LogP contribution in [-0.2, 0) is 9.53 Å². The van der Waals surface area contributed by atoms with Crippen molar-refractivity contribution in [3.8, 4) is 0 Å². The van der Waals surface area contributed by atoms with E-state index in [4.69, 9.17) is 14.9 Å². The molecule has 0 saturated heterocycles. The van der Waals surface area contributed by atoms with Gasteiger partial charge in [-0.05, 0) is 12.3 Å². The van der Waals surface area contributed by atoms with Crippen LogP contribution in [0.1, 0.15) is 39.5 Å². The number of esters is 1. The van der Waals surface area contributed by atoms with Crippen LogP contribution in [0.4, 0.5) is 0 Å². The Hall–Kier alpha value is 0.390. The Kier molecular flexibility index (Phi) is 13.9. The van der Waals surface area contributed by atoms with Gasteiger partial charge in [-0.2, -0.15) is 0 Å². The Balaban J connectivity index is 0. The van der Waals surface area contributed by atoms with Crippen LogP contribution >= 0.6 is 0 Å². The van der Waals surface area contributed by atoms with Crippen LogP contribution in [0.3, 0.4) is 0 Å². The van der Waals surface area contributed by atoms with Gasteiger partial charge in [0.15, 0.2) is 0 Å². The summed E-state index contributed by atoms with van der Waals surface area (Å²) >= 11 is 0. The van der Waals surface area contributed by atoms with Crippen molar-refractivity contribution in [3.63, 3.8) is 0 Å². The molecule has 2 N–H and O–H groups in total. The van der Waals surface area contributed by atoms with Crippen molar-refractivity contribution in [1.29, 1.82) is 0 Å². The van der Waals surface area contributed by atoms with E-state index in [9.17, 15) is 4.79 Å². The molecule has 0 aromatic carbocycles. The van der Waals surface area contributed by atoms with Crippen molar-refractivity contribution in [1.82, 2.24) is 0 Å². The molecule has 0 spiro atoms. The van der Waals surface area contributed by atoms with Gasteiger partial charge in [0.2, 0.25) is 0 Å². The molecule has 0 radical (unpaired) electrons. The van der Waals surface area contributed by atoms with E-state index in [-0.39, 0.29) is 48.7 Å². The van der Waals surface area contributed by atoms with E-state index in [1.165, 1.54) is 0 Å². The number of hydrogen-bond donors (Lipinski definition) is 2. The molecule has 0 bridgehead atoms. The minimum atomic E-state index is -0.761. The molecule has 92 valence electrons. The fourth-order valence-corrected chi connectivity index (χ4v) is 1.20. The summed E-state index contributed by atoms with van der Waals surface area (Å²) in [5.41, 5.74) is 0. The number of rotatable bonds is 8. The predicted molar refractivity (Wildman–Crippen MR) is 64.5 cm³/mol. The molecular weight excluding hydrogens is 219 g/mol. The third kappa shape index (κ3) is 10.9. The molecule has 0 aromatic rings. The number of hydrogen-bond acceptors (Lipinski definition) is 4. The second-order valence-corrected chi connectivity index (χ2v) is 4.12. The first-order valence-corrected chi connectivity index (χ1v) is 5.51. The molecule has 0 aliphatic carbocycles. The third-order valence-corrected chi connectivity index (χ3v) is 2.12. The van der Waals surface area contributed by atoms with Crippen LogP contribution < -0.4 is 0 Å². The van der Waals surface area contributed by atoms with Crippen molar-refractivity contribution in [2.24, 2.45) is 5.92 Å². The number of carbonyl (C=O) groups is 1. The minimum absolute atomic E-state index is 0. The first-order chi connectivity index (χ1) is 7.10. The van der Waals surface area contributed by atoms with Gasteiger partial charge in [0.05, 0.1) is 13.2 Å². The standard InChI is InChI=1S/C11H22O4.Na.H/c1-9(2)5-3-4-6-11(14)15-10(7-12)8-13;;/h9-10,12-13H,3-8H2,1-2H3;;. The van der Waals surface area contributed by atoms with Gasteiger partial charge in [-0.25, -0.2) is 0 Å². The summed E-state index contributed by atoms with van der Waals surface area (Å²) in [7, 11) is 0. The molecule has 0 heterocycles. The van der Waals surface area contributed by atoms with Crippen LogP contribution in [0.15, 0.2) is 0 Å². The summed E-state index contributed by atoms with van der Waals surface area (Å²) in [6.07, 6.45) is 2.53. The molecule has 0 amide bonds. The topological polar surface area (TPSA) is 66.8 Å². The molecule has 0 aliphatic heterocycles. The molecule has 0 fully saturated rings. The van der Waals surface area contributed by atoms with E-state index in [1.807, 2.05) is 0 Å². The first kappa shape index (κ1) is 18.7. The third-order valence-electron chi connectivity index (χ3n) is 2.12. The predicted octanol–water partition coefficient (Wildman–Crippen LogP) is 0.451. The van der Waals surface area contributed by atoms with Crippen molar-refractivity contribution in [2.75, 3.05) is 13.2 Å². The number of ether oxygens (including phenoxy) is 1. The van der Waals surface area contributed by atoms with Gasteiger partial charge in [-0.1, -0.05) is 26.7 Å². The zero-order valence-corrected chi connectivity index (χ0v) is 9.61. The Morgan fingerprint density at radius 3 is 2.19 bits per heavy atom. The molecule has 0 aromatic heterocycles. The normalized spacial score (nSPS) is 10.4. The van der Waals surface area contributed by atoms with E-state index >= 15 is 0 Å². The molecule has 0 saturated carbocycles. The number of carbonyl (C=O) groups excluding carboxylic acids is 1. The number of unbranched alkanes of at least 4 members (excludes halogenated alkanes) is 1. The Morgan fingerprint density at radius 1 is 1.19 bits per heavy atom. The molecule has 0 atom stereocenters. The van der Waals surface area contributed by atoms with Crippen LogP contribution in [0.5, 0.6) is 0 Å². The van der Waals surface area contributed by atoms with Gasteiger partial charge >= 0.3 is 35.5 Å². The average molecular weight is 242 g/mol. The summed E-state index contributed by atoms with van der Waals surface area (Å²) in [5.74, 6) is 0.315. The maximum atomic E-state index is 11.2. The van der Waals surface area contributed by atoms with Crippen LogP contribution in [0, 0.1) is 5.92 Å². The molecular formula is C11H23NaO4. The maximum absolute atomic E-state index is 11.2. The summed E-state index contributed by atoms with van der Waals surface area (Å²) in [6.45, 7) is 3.64.